The van der Waals surface area contributed by atoms with Crippen LogP contribution in [0.2, 0.25) is 0 Å². The quantitative estimate of drug-likeness (QED) is 0.723. The zero-order chi connectivity index (χ0) is 13.0. The number of fused-ring (bicyclic) bond motifs is 2. The van der Waals surface area contributed by atoms with E-state index in [1.807, 2.05) is 18.2 Å². The summed E-state index contributed by atoms with van der Waals surface area (Å²) in [6.07, 6.45) is 3.63. The maximum atomic E-state index is 12.7. The van der Waals surface area contributed by atoms with Crippen LogP contribution in [0, 0.1) is 24.7 Å². The fourth-order valence-corrected chi connectivity index (χ4v) is 3.81. The topological polar surface area (TPSA) is 17.1 Å². The van der Waals surface area contributed by atoms with Crippen LogP contribution in [0.1, 0.15) is 35.2 Å². The summed E-state index contributed by atoms with van der Waals surface area (Å²) in [6.45, 7) is 2.11. The predicted octanol–water partition coefficient (Wildman–Crippen LogP) is 4.38. The highest BCUT2D eigenvalue weighted by atomic mass is 16.1. The Morgan fingerprint density at radius 3 is 2.37 bits per heavy atom. The van der Waals surface area contributed by atoms with Gasteiger partial charge in [-0.2, -0.15) is 0 Å². The summed E-state index contributed by atoms with van der Waals surface area (Å²) in [6, 6.07) is 12.4. The van der Waals surface area contributed by atoms with E-state index in [9.17, 15) is 4.79 Å². The molecule has 0 amide bonds. The maximum absolute atomic E-state index is 12.7. The molecule has 0 saturated heterocycles. The Kier molecular flexibility index (Phi) is 2.32. The van der Waals surface area contributed by atoms with Crippen molar-refractivity contribution in [3.05, 3.63) is 47.5 Å². The summed E-state index contributed by atoms with van der Waals surface area (Å²) in [7, 11) is 0. The monoisotopic (exact) mass is 250 g/mol. The second kappa shape index (κ2) is 3.93. The number of hydrogen-bond acceptors (Lipinski definition) is 1. The molecular formula is C18H18O. The van der Waals surface area contributed by atoms with Crippen molar-refractivity contribution < 1.29 is 4.79 Å². The number of aryl methyl sites for hydroxylation is 1. The first kappa shape index (κ1) is 11.2. The van der Waals surface area contributed by atoms with Crippen LogP contribution in [0.4, 0.5) is 0 Å². The Morgan fingerprint density at radius 2 is 1.63 bits per heavy atom. The van der Waals surface area contributed by atoms with Crippen molar-refractivity contribution in [2.24, 2.45) is 17.8 Å². The molecule has 0 aliphatic heterocycles. The van der Waals surface area contributed by atoms with E-state index in [2.05, 4.69) is 25.1 Å². The van der Waals surface area contributed by atoms with Crippen molar-refractivity contribution in [1.29, 1.82) is 0 Å². The molecular weight excluding hydrogens is 232 g/mol. The van der Waals surface area contributed by atoms with Crippen LogP contribution in [0.25, 0.3) is 10.8 Å². The highest BCUT2D eigenvalue weighted by Crippen LogP contribution is 2.55. The van der Waals surface area contributed by atoms with Crippen molar-refractivity contribution in [2.75, 3.05) is 0 Å². The molecule has 19 heavy (non-hydrogen) atoms. The number of ketones is 1. The number of hydrogen-bond donors (Lipinski definition) is 0. The van der Waals surface area contributed by atoms with Gasteiger partial charge >= 0.3 is 0 Å². The summed E-state index contributed by atoms with van der Waals surface area (Å²) >= 11 is 0. The van der Waals surface area contributed by atoms with Crippen LogP contribution in [0.15, 0.2) is 36.4 Å². The molecule has 2 aliphatic carbocycles. The Morgan fingerprint density at radius 1 is 0.947 bits per heavy atom. The summed E-state index contributed by atoms with van der Waals surface area (Å²) < 4.78 is 0. The van der Waals surface area contributed by atoms with Gasteiger partial charge in [-0.3, -0.25) is 4.79 Å². The van der Waals surface area contributed by atoms with Crippen LogP contribution in [-0.2, 0) is 0 Å². The van der Waals surface area contributed by atoms with Gasteiger partial charge in [0.2, 0.25) is 0 Å². The Labute approximate surface area is 113 Å². The first-order valence-corrected chi connectivity index (χ1v) is 7.26. The summed E-state index contributed by atoms with van der Waals surface area (Å²) in [5, 5.41) is 2.35. The van der Waals surface area contributed by atoms with E-state index in [0.29, 0.717) is 5.78 Å². The van der Waals surface area contributed by atoms with Gasteiger partial charge in [-0.25, -0.2) is 0 Å². The summed E-state index contributed by atoms with van der Waals surface area (Å²) in [5.74, 6) is 2.40. The molecule has 0 aromatic heterocycles. The van der Waals surface area contributed by atoms with E-state index in [0.717, 1.165) is 35.6 Å². The normalized spacial score (nSPS) is 28.4. The lowest BCUT2D eigenvalue weighted by Crippen LogP contribution is -2.13. The third kappa shape index (κ3) is 1.72. The van der Waals surface area contributed by atoms with Gasteiger partial charge in [-0.05, 0) is 54.4 Å². The molecule has 2 atom stereocenters. The molecule has 2 fully saturated rings. The van der Waals surface area contributed by atoms with Gasteiger partial charge in [0.1, 0.15) is 0 Å². The highest BCUT2D eigenvalue weighted by Gasteiger charge is 2.48. The summed E-state index contributed by atoms with van der Waals surface area (Å²) in [4.78, 5) is 12.7. The second-order valence-electron chi connectivity index (χ2n) is 6.26. The zero-order valence-electron chi connectivity index (χ0n) is 11.2. The fraction of sp³-hybridized carbons (Fsp3) is 0.389. The molecule has 2 unspecified atom stereocenters. The zero-order valence-corrected chi connectivity index (χ0v) is 11.2. The van der Waals surface area contributed by atoms with Crippen molar-refractivity contribution in [2.45, 2.75) is 26.2 Å². The lowest BCUT2D eigenvalue weighted by atomic mass is 9.89. The first-order chi connectivity index (χ1) is 9.24. The smallest absolute Gasteiger partial charge is 0.166 e. The van der Waals surface area contributed by atoms with Gasteiger partial charge in [0.25, 0.3) is 0 Å². The molecule has 0 bridgehead atoms. The highest BCUT2D eigenvalue weighted by molar-refractivity contribution is 6.09. The van der Waals surface area contributed by atoms with E-state index in [1.165, 1.54) is 17.4 Å². The molecule has 0 spiro atoms. The molecule has 4 rings (SSSR count). The van der Waals surface area contributed by atoms with Gasteiger partial charge in [0.05, 0.1) is 0 Å². The first-order valence-electron chi connectivity index (χ1n) is 7.26. The number of Topliss-reactive ketones (excluding diaryl/α,β-unsaturated/α-hetero) is 1. The average molecular weight is 250 g/mol. The Hall–Kier alpha value is -1.63. The minimum atomic E-state index is 0.287. The van der Waals surface area contributed by atoms with E-state index in [-0.39, 0.29) is 5.92 Å². The third-order valence-corrected chi connectivity index (χ3v) is 5.02. The number of carbonyl (C=O) groups excluding carboxylic acids is 1. The van der Waals surface area contributed by atoms with Gasteiger partial charge in [0, 0.05) is 11.5 Å². The van der Waals surface area contributed by atoms with Gasteiger partial charge in [-0.1, -0.05) is 36.4 Å². The lowest BCUT2D eigenvalue weighted by Gasteiger charge is -2.13. The standard InChI is InChI=1S/C18H18O/c1-11-6-7-17(16-5-3-2-4-15(11)16)18(19)14-9-12-8-13(12)10-14/h2-7,12-14H,8-10H2,1H3. The minimum Gasteiger partial charge on any atom is -0.294 e. The number of rotatable bonds is 2. The van der Waals surface area contributed by atoms with Gasteiger partial charge in [-0.15, -0.1) is 0 Å². The average Bonchev–Trinajstić information content (AvgIpc) is 3.05. The van der Waals surface area contributed by atoms with E-state index < -0.39 is 0 Å². The van der Waals surface area contributed by atoms with Gasteiger partial charge < -0.3 is 0 Å². The third-order valence-electron chi connectivity index (χ3n) is 5.02. The molecule has 2 aromatic carbocycles. The molecule has 96 valence electrons. The molecule has 0 heterocycles. The van der Waals surface area contributed by atoms with Crippen molar-refractivity contribution >= 4 is 16.6 Å². The van der Waals surface area contributed by atoms with Crippen LogP contribution in [-0.4, -0.2) is 5.78 Å². The van der Waals surface area contributed by atoms with E-state index in [1.54, 1.807) is 0 Å². The summed E-state index contributed by atoms with van der Waals surface area (Å²) in [5.41, 5.74) is 2.19. The lowest BCUT2D eigenvalue weighted by molar-refractivity contribution is 0.0916. The second-order valence-corrected chi connectivity index (χ2v) is 6.26. The Bertz CT molecular complexity index is 660. The molecule has 0 N–H and O–H groups in total. The fourth-order valence-electron chi connectivity index (χ4n) is 3.81. The largest absolute Gasteiger partial charge is 0.294 e. The SMILES string of the molecule is Cc1ccc(C(=O)C2CC3CC3C2)c2ccccc12. The van der Waals surface area contributed by atoms with Crippen molar-refractivity contribution in [3.8, 4) is 0 Å². The van der Waals surface area contributed by atoms with Crippen LogP contribution in [0.5, 0.6) is 0 Å². The Balaban J connectivity index is 1.78. The minimum absolute atomic E-state index is 0.287. The number of benzene rings is 2. The van der Waals surface area contributed by atoms with E-state index in [4.69, 9.17) is 0 Å². The molecule has 2 aliphatic rings. The number of carbonyl (C=O) groups is 1. The molecule has 0 radical (unpaired) electrons. The molecule has 1 nitrogen and oxygen atoms in total. The van der Waals surface area contributed by atoms with Crippen molar-refractivity contribution in [3.63, 3.8) is 0 Å². The van der Waals surface area contributed by atoms with Crippen molar-refractivity contribution in [1.82, 2.24) is 0 Å². The maximum Gasteiger partial charge on any atom is 0.166 e. The predicted molar refractivity (Wildman–Crippen MR) is 77.3 cm³/mol. The molecule has 1 heteroatoms. The van der Waals surface area contributed by atoms with Crippen LogP contribution in [0.3, 0.4) is 0 Å². The van der Waals surface area contributed by atoms with E-state index >= 15 is 0 Å². The van der Waals surface area contributed by atoms with Crippen LogP contribution >= 0.6 is 0 Å². The molecule has 2 saturated carbocycles. The van der Waals surface area contributed by atoms with Crippen LogP contribution < -0.4 is 0 Å². The molecule has 2 aromatic rings. The van der Waals surface area contributed by atoms with Gasteiger partial charge in [0.15, 0.2) is 5.78 Å².